The zero-order chi connectivity index (χ0) is 87.6. The number of hydrogen-bond acceptors (Lipinski definition) is 6. The monoisotopic (exact) mass is 1710 g/mol. The molecule has 9 nitrogen and oxygen atoms in total. The van der Waals surface area contributed by atoms with E-state index in [1.807, 2.05) is 200 Å². The minimum absolute atomic E-state index is 0.271. The normalized spacial score (nSPS) is 13.3. The molecular formula is C114H67B3F6N8O. The van der Waals surface area contributed by atoms with Crippen LogP contribution in [0.1, 0.15) is 0 Å². The molecule has 0 atom stereocenters. The van der Waals surface area contributed by atoms with Crippen LogP contribution in [0.15, 0.2) is 406 Å². The van der Waals surface area contributed by atoms with E-state index in [1.54, 1.807) is 14.7 Å². The molecule has 6 aliphatic heterocycles. The number of halogens is 6. The number of fused-ring (bicyclic) bond motifs is 15. The van der Waals surface area contributed by atoms with Crippen LogP contribution in [0.5, 0.6) is 11.5 Å². The zero-order valence-corrected chi connectivity index (χ0v) is 70.2. The van der Waals surface area contributed by atoms with E-state index in [1.165, 1.54) is 54.6 Å². The van der Waals surface area contributed by atoms with Gasteiger partial charge >= 0.3 is 0 Å². The second-order valence-corrected chi connectivity index (χ2v) is 34.5. The molecule has 0 saturated heterocycles. The highest BCUT2D eigenvalue weighted by Gasteiger charge is 2.52. The lowest BCUT2D eigenvalue weighted by Crippen LogP contribution is -2.66. The van der Waals surface area contributed by atoms with Gasteiger partial charge in [-0.05, 0) is 211 Å². The molecule has 0 aliphatic carbocycles. The topological polar surface area (TPSA) is 40.2 Å². The predicted octanol–water partition coefficient (Wildman–Crippen LogP) is 23.9. The first-order valence-electron chi connectivity index (χ1n) is 44.2. The first kappa shape index (κ1) is 75.3. The van der Waals surface area contributed by atoms with Gasteiger partial charge in [-0.2, -0.15) is 0 Å². The van der Waals surface area contributed by atoms with Crippen LogP contribution in [0.25, 0.3) is 83.5 Å². The van der Waals surface area contributed by atoms with Gasteiger partial charge in [-0.1, -0.05) is 249 Å². The number of para-hydroxylation sites is 10. The Labute approximate surface area is 755 Å². The van der Waals surface area contributed by atoms with Crippen LogP contribution >= 0.6 is 0 Å². The summed E-state index contributed by atoms with van der Waals surface area (Å²) >= 11 is 0. The highest BCUT2D eigenvalue weighted by Crippen LogP contribution is 2.55. The molecule has 620 valence electrons. The first-order chi connectivity index (χ1) is 65.0. The van der Waals surface area contributed by atoms with Crippen molar-refractivity contribution in [1.29, 1.82) is 0 Å². The third-order valence-corrected chi connectivity index (χ3v) is 27.5. The molecule has 27 rings (SSSR count). The summed E-state index contributed by atoms with van der Waals surface area (Å²) in [5.74, 6) is -4.54. The second kappa shape index (κ2) is 28.8. The molecule has 18 aromatic carbocycles. The van der Waals surface area contributed by atoms with Crippen molar-refractivity contribution in [3.05, 3.63) is 441 Å². The van der Waals surface area contributed by atoms with Crippen molar-refractivity contribution < 1.29 is 31.1 Å². The van der Waals surface area contributed by atoms with E-state index in [4.69, 9.17) is 4.74 Å². The third-order valence-electron chi connectivity index (χ3n) is 27.5. The molecule has 21 aromatic rings. The van der Waals surface area contributed by atoms with Gasteiger partial charge in [-0.3, -0.25) is 0 Å². The van der Waals surface area contributed by atoms with Crippen molar-refractivity contribution in [2.24, 2.45) is 0 Å². The average molecular weight is 1710 g/mol. The maximum absolute atomic E-state index is 18.7. The summed E-state index contributed by atoms with van der Waals surface area (Å²) in [6.45, 7) is -2.39. The highest BCUT2D eigenvalue weighted by atomic mass is 19.2. The standard InChI is InChI=1S/C114H67B3F6N8O/c118-85-44-26-45-86(119)112(85)129-99-66-100-82(64-81(99)115-79-42-19-24-53-94(79)124(74-38-12-4-13-39-74)102-58-76(60-104(129)109(102)115)126-91-50-21-16-35-71(91)55-96(126)68-29-6-1-7-30-68)117-84-65-83-101(67-107(84)132-108-63-78(62-106(111(108)117)130(100)113-87(120)46-27-47-88(113)121)128-93-52-23-18-37-73(93)57-98(128)70-33-10-3-11-34-70)131(114-89(122)48-28-49-90(114)123)105-61-77(127-92-51-22-17-36-72(92)56-97(127)69-31-8-2-9-32-69)59-103-110(105)116(83)80-43-20-25-54-95(80)125(103)75-40-14-5-15-41-75/h1-67H. The Morgan fingerprint density at radius 3 is 0.864 bits per heavy atom. The predicted molar refractivity (Wildman–Crippen MR) is 527 cm³/mol. The SMILES string of the molecule is Fc1cccc(F)c1N1c2cc3c(cc2B2c4cc5c(cc4Oc4cc(-n6c(-c7ccccc7)cc7ccccc76)cc1c42)N(c1c(F)cccc1F)c1cc(-n2c(-c4ccccc4)cc4ccccc42)cc2c1B5c1ccccc1N2c1ccccc1)B1c2ccccc2N(c2ccccc2)c2cc(-n4c(-c5ccccc5)cc5ccccc54)cc(c21)N3c1c(F)cccc1F. The van der Waals surface area contributed by atoms with Gasteiger partial charge in [0.15, 0.2) is 0 Å². The largest absolute Gasteiger partial charge is 0.458 e. The summed E-state index contributed by atoms with van der Waals surface area (Å²) in [4.78, 5) is 9.58. The number of aromatic nitrogens is 3. The minimum Gasteiger partial charge on any atom is -0.458 e. The number of ether oxygens (including phenoxy) is 1. The Morgan fingerprint density at radius 1 is 0.189 bits per heavy atom. The summed E-state index contributed by atoms with van der Waals surface area (Å²) < 4.78 is 126. The van der Waals surface area contributed by atoms with E-state index < -0.39 is 60.7 Å². The van der Waals surface area contributed by atoms with Crippen molar-refractivity contribution in [2.75, 3.05) is 24.5 Å². The molecule has 0 N–H and O–H groups in total. The van der Waals surface area contributed by atoms with E-state index in [0.717, 1.165) is 122 Å². The number of nitrogens with zero attached hydrogens (tertiary/aromatic N) is 8. The van der Waals surface area contributed by atoms with Crippen LogP contribution in [-0.4, -0.2) is 33.8 Å². The fraction of sp³-hybridized carbons (Fsp3) is 0. The third kappa shape index (κ3) is 11.0. The summed E-state index contributed by atoms with van der Waals surface area (Å²) in [6.07, 6.45) is 0. The second-order valence-electron chi connectivity index (χ2n) is 34.5. The van der Waals surface area contributed by atoms with Crippen LogP contribution in [0.4, 0.5) is 112 Å². The number of hydrogen-bond donors (Lipinski definition) is 0. The van der Waals surface area contributed by atoms with Gasteiger partial charge < -0.3 is 42.9 Å². The maximum Gasteiger partial charge on any atom is 0.256 e. The van der Waals surface area contributed by atoms with Crippen LogP contribution < -0.4 is 78.4 Å². The summed E-state index contributed by atoms with van der Waals surface area (Å²) in [5, 5.41) is 2.85. The van der Waals surface area contributed by atoms with E-state index >= 15 is 26.3 Å². The zero-order valence-electron chi connectivity index (χ0n) is 70.2. The fourth-order valence-electron chi connectivity index (χ4n) is 22.3. The molecule has 3 aromatic heterocycles. The molecule has 0 spiro atoms. The highest BCUT2D eigenvalue weighted by molar-refractivity contribution is 7.04. The summed E-state index contributed by atoms with van der Waals surface area (Å²) in [7, 11) is 0. The van der Waals surface area contributed by atoms with Crippen molar-refractivity contribution in [3.63, 3.8) is 0 Å². The average Bonchev–Trinajstić information content (AvgIpc) is 0.724. The van der Waals surface area contributed by atoms with Crippen molar-refractivity contribution >= 4 is 187 Å². The number of rotatable bonds is 11. The summed E-state index contributed by atoms with van der Waals surface area (Å²) in [6, 6.07) is 131. The van der Waals surface area contributed by atoms with Gasteiger partial charge in [0.05, 0.1) is 50.7 Å². The van der Waals surface area contributed by atoms with Crippen LogP contribution in [0.2, 0.25) is 0 Å². The molecule has 0 bridgehead atoms. The molecule has 0 saturated carbocycles. The lowest BCUT2D eigenvalue weighted by Gasteiger charge is -2.47. The quantitative estimate of drug-likeness (QED) is 0.0949. The summed E-state index contributed by atoms with van der Waals surface area (Å²) in [5.41, 5.74) is 22.0. The minimum atomic E-state index is -0.959. The Hall–Kier alpha value is -16.8. The Kier molecular flexibility index (Phi) is 16.5. The Balaban J connectivity index is 0.785. The van der Waals surface area contributed by atoms with Crippen molar-refractivity contribution in [1.82, 2.24) is 13.7 Å². The Morgan fingerprint density at radius 2 is 0.485 bits per heavy atom. The maximum atomic E-state index is 18.7. The van der Waals surface area contributed by atoms with E-state index in [9.17, 15) is 0 Å². The molecule has 0 fully saturated rings. The number of benzene rings is 18. The van der Waals surface area contributed by atoms with Gasteiger partial charge in [0.2, 0.25) is 0 Å². The molecule has 0 unspecified atom stereocenters. The first-order valence-corrected chi connectivity index (χ1v) is 44.2. The molecule has 0 amide bonds. The molecule has 132 heavy (non-hydrogen) atoms. The smallest absolute Gasteiger partial charge is 0.256 e. The van der Waals surface area contributed by atoms with Crippen molar-refractivity contribution in [2.45, 2.75) is 0 Å². The molecule has 6 aliphatic rings. The lowest BCUT2D eigenvalue weighted by molar-refractivity contribution is 0.487. The van der Waals surface area contributed by atoms with Gasteiger partial charge in [0.25, 0.3) is 20.1 Å². The molecule has 18 heteroatoms. The van der Waals surface area contributed by atoms with Gasteiger partial charge in [0, 0.05) is 96.5 Å². The lowest BCUT2D eigenvalue weighted by atomic mass is 9.29. The van der Waals surface area contributed by atoms with E-state index in [2.05, 4.69) is 175 Å². The van der Waals surface area contributed by atoms with Crippen LogP contribution in [0, 0.1) is 34.9 Å². The van der Waals surface area contributed by atoms with E-state index in [0.29, 0.717) is 84.3 Å². The van der Waals surface area contributed by atoms with Gasteiger partial charge in [-0.15, -0.1) is 0 Å². The van der Waals surface area contributed by atoms with E-state index in [-0.39, 0.29) is 17.1 Å². The Bertz CT molecular complexity index is 8430. The van der Waals surface area contributed by atoms with Crippen LogP contribution in [-0.2, 0) is 0 Å². The molecule has 9 heterocycles. The number of anilines is 15. The fourth-order valence-corrected chi connectivity index (χ4v) is 22.3. The van der Waals surface area contributed by atoms with Gasteiger partial charge in [0.1, 0.15) is 63.5 Å². The molecular weight excluding hydrogens is 1640 g/mol. The van der Waals surface area contributed by atoms with Crippen LogP contribution in [0.3, 0.4) is 0 Å². The van der Waals surface area contributed by atoms with Crippen molar-refractivity contribution in [3.8, 4) is 62.3 Å². The van der Waals surface area contributed by atoms with Gasteiger partial charge in [-0.25, -0.2) is 26.3 Å². The molecule has 0 radical (unpaired) electrons.